The summed E-state index contributed by atoms with van der Waals surface area (Å²) in [6.07, 6.45) is 15.3. The molecule has 0 radical (unpaired) electrons. The van der Waals surface area contributed by atoms with Crippen LogP contribution in [0, 0.1) is 52.3 Å². The molecule has 298 valence electrons. The number of carbonyl (C=O) groups excluding carboxylic acids is 2. The molecule has 6 rings (SSSR count). The molecule has 2 amide bonds. The van der Waals surface area contributed by atoms with E-state index < -0.39 is 17.7 Å². The summed E-state index contributed by atoms with van der Waals surface area (Å²) < 4.78 is 11.7. The van der Waals surface area contributed by atoms with Gasteiger partial charge in [-0.2, -0.15) is 0 Å². The molecule has 6 heteroatoms. The molecular weight excluding hydrogens is 669 g/mol. The maximum Gasteiger partial charge on any atom is 0.408 e. The van der Waals surface area contributed by atoms with Crippen molar-refractivity contribution in [1.29, 1.82) is 0 Å². The van der Waals surface area contributed by atoms with Crippen molar-refractivity contribution in [2.75, 3.05) is 0 Å². The van der Waals surface area contributed by atoms with Crippen molar-refractivity contribution in [3.63, 3.8) is 0 Å². The SMILES string of the molecule is CC(C)CCC[C@@H](C)[C@H]1CC[C@H]2[C@@H]3CCC4CCCC(NC(=O)[C@H](Cc5ccc(OCc6ccccc6)cc5)NC(=O)OC(C)(C)C)[C@]4(C)[C@H]3CC[C@]12C. The number of alkyl carbamates (subject to hydrolysis) is 1. The summed E-state index contributed by atoms with van der Waals surface area (Å²) in [6, 6.07) is 17.4. The molecule has 0 aromatic heterocycles. The van der Waals surface area contributed by atoms with Crippen LogP contribution in [0.3, 0.4) is 0 Å². The zero-order chi connectivity index (χ0) is 38.7. The van der Waals surface area contributed by atoms with Crippen molar-refractivity contribution < 1.29 is 19.1 Å². The van der Waals surface area contributed by atoms with E-state index in [9.17, 15) is 9.59 Å². The van der Waals surface area contributed by atoms with Gasteiger partial charge in [0.2, 0.25) is 5.91 Å². The topological polar surface area (TPSA) is 76.7 Å². The van der Waals surface area contributed by atoms with Gasteiger partial charge < -0.3 is 20.1 Å². The van der Waals surface area contributed by atoms with Crippen molar-refractivity contribution in [3.05, 3.63) is 65.7 Å². The number of benzene rings is 2. The summed E-state index contributed by atoms with van der Waals surface area (Å²) in [4.78, 5) is 27.7. The van der Waals surface area contributed by atoms with Gasteiger partial charge in [0.05, 0.1) is 0 Å². The van der Waals surface area contributed by atoms with Gasteiger partial charge in [-0.1, -0.05) is 103 Å². The lowest BCUT2D eigenvalue weighted by Gasteiger charge is -2.63. The molecule has 2 unspecified atom stereocenters. The van der Waals surface area contributed by atoms with Crippen LogP contribution >= 0.6 is 0 Å². The highest BCUT2D eigenvalue weighted by atomic mass is 16.6. The molecule has 4 aliphatic carbocycles. The zero-order valence-electron chi connectivity index (χ0n) is 34.9. The zero-order valence-corrected chi connectivity index (χ0v) is 34.9. The largest absolute Gasteiger partial charge is 0.489 e. The Balaban J connectivity index is 1.16. The van der Waals surface area contributed by atoms with Gasteiger partial charge in [0.25, 0.3) is 0 Å². The van der Waals surface area contributed by atoms with Crippen molar-refractivity contribution in [2.24, 2.45) is 52.3 Å². The maximum absolute atomic E-state index is 14.5. The van der Waals surface area contributed by atoms with E-state index >= 15 is 0 Å². The molecule has 4 aliphatic rings. The number of hydrogen-bond acceptors (Lipinski definition) is 4. The smallest absolute Gasteiger partial charge is 0.408 e. The van der Waals surface area contributed by atoms with E-state index in [4.69, 9.17) is 9.47 Å². The van der Waals surface area contributed by atoms with Crippen LogP contribution in [-0.2, 0) is 22.6 Å². The molecule has 0 saturated heterocycles. The predicted molar refractivity (Wildman–Crippen MR) is 219 cm³/mol. The Morgan fingerprint density at radius 2 is 1.57 bits per heavy atom. The Hall–Kier alpha value is -3.02. The molecule has 4 saturated carbocycles. The molecule has 10 atom stereocenters. The number of rotatable bonds is 13. The van der Waals surface area contributed by atoms with E-state index in [0.29, 0.717) is 30.3 Å². The van der Waals surface area contributed by atoms with E-state index in [1.807, 2.05) is 63.2 Å². The average Bonchev–Trinajstić information content (AvgIpc) is 3.48. The van der Waals surface area contributed by atoms with Crippen LogP contribution in [0.15, 0.2) is 54.6 Å². The third-order valence-electron chi connectivity index (χ3n) is 14.9. The maximum atomic E-state index is 14.5. The van der Waals surface area contributed by atoms with Crippen molar-refractivity contribution in [3.8, 4) is 5.75 Å². The third-order valence-corrected chi connectivity index (χ3v) is 14.9. The Labute approximate surface area is 327 Å². The lowest BCUT2D eigenvalue weighted by molar-refractivity contribution is -0.140. The third kappa shape index (κ3) is 9.15. The molecular formula is C48H72N2O4. The van der Waals surface area contributed by atoms with E-state index in [1.54, 1.807) is 0 Å². The molecule has 2 N–H and O–H groups in total. The second-order valence-electron chi connectivity index (χ2n) is 19.9. The summed E-state index contributed by atoms with van der Waals surface area (Å²) in [7, 11) is 0. The van der Waals surface area contributed by atoms with Crippen LogP contribution in [0.1, 0.15) is 144 Å². The number of amides is 2. The Bertz CT molecular complexity index is 1530. The minimum atomic E-state index is -0.748. The van der Waals surface area contributed by atoms with Gasteiger partial charge in [-0.25, -0.2) is 4.79 Å². The van der Waals surface area contributed by atoms with Crippen molar-refractivity contribution >= 4 is 12.0 Å². The first-order chi connectivity index (χ1) is 25.7. The second kappa shape index (κ2) is 17.0. The van der Waals surface area contributed by atoms with Crippen LogP contribution in [0.4, 0.5) is 4.79 Å². The molecule has 2 aromatic rings. The van der Waals surface area contributed by atoms with E-state index in [-0.39, 0.29) is 17.4 Å². The fraction of sp³-hybridized carbons (Fsp3) is 0.708. The van der Waals surface area contributed by atoms with Gasteiger partial charge in [0.15, 0.2) is 0 Å². The molecule has 0 spiro atoms. The monoisotopic (exact) mass is 741 g/mol. The van der Waals surface area contributed by atoms with E-state index in [0.717, 1.165) is 59.3 Å². The Morgan fingerprint density at radius 3 is 2.28 bits per heavy atom. The van der Waals surface area contributed by atoms with Crippen LogP contribution in [0.5, 0.6) is 5.75 Å². The quantitative estimate of drug-likeness (QED) is 0.214. The minimum absolute atomic E-state index is 0.0628. The average molecular weight is 741 g/mol. The van der Waals surface area contributed by atoms with Crippen LogP contribution in [-0.4, -0.2) is 29.7 Å². The highest BCUT2D eigenvalue weighted by molar-refractivity contribution is 5.86. The second-order valence-corrected chi connectivity index (χ2v) is 19.9. The number of hydrogen-bond donors (Lipinski definition) is 2. The molecule has 54 heavy (non-hydrogen) atoms. The first-order valence-corrected chi connectivity index (χ1v) is 21.7. The molecule has 4 fully saturated rings. The van der Waals surface area contributed by atoms with E-state index in [2.05, 4.69) is 57.4 Å². The molecule has 0 aliphatic heterocycles. The Kier molecular flexibility index (Phi) is 12.8. The summed E-state index contributed by atoms with van der Waals surface area (Å²) in [5.41, 5.74) is 1.92. The van der Waals surface area contributed by atoms with Crippen LogP contribution < -0.4 is 15.4 Å². The number of carbonyl (C=O) groups is 2. The molecule has 0 heterocycles. The van der Waals surface area contributed by atoms with Crippen molar-refractivity contribution in [1.82, 2.24) is 10.6 Å². The fourth-order valence-corrected chi connectivity index (χ4v) is 12.2. The highest BCUT2D eigenvalue weighted by Crippen LogP contribution is 2.68. The van der Waals surface area contributed by atoms with E-state index in [1.165, 1.54) is 64.2 Å². The molecule has 0 bridgehead atoms. The predicted octanol–water partition coefficient (Wildman–Crippen LogP) is 11.3. The number of ether oxygens (including phenoxy) is 2. The van der Waals surface area contributed by atoms with Crippen molar-refractivity contribution in [2.45, 2.75) is 163 Å². The van der Waals surface area contributed by atoms with Crippen LogP contribution in [0.2, 0.25) is 0 Å². The van der Waals surface area contributed by atoms with Crippen LogP contribution in [0.25, 0.3) is 0 Å². The summed E-state index contributed by atoms with van der Waals surface area (Å²) in [5, 5.41) is 6.60. The van der Waals surface area contributed by atoms with Gasteiger partial charge in [-0.05, 0) is 148 Å². The number of fused-ring (bicyclic) bond motifs is 5. The number of nitrogens with one attached hydrogen (secondary N) is 2. The lowest BCUT2D eigenvalue weighted by Crippen LogP contribution is -2.63. The van der Waals surface area contributed by atoms with Gasteiger partial charge in [-0.3, -0.25) is 4.79 Å². The van der Waals surface area contributed by atoms with Gasteiger partial charge in [0, 0.05) is 12.5 Å². The normalized spacial score (nSPS) is 31.7. The van der Waals surface area contributed by atoms with Gasteiger partial charge >= 0.3 is 6.09 Å². The Morgan fingerprint density at radius 1 is 0.833 bits per heavy atom. The molecule has 6 nitrogen and oxygen atoms in total. The fourth-order valence-electron chi connectivity index (χ4n) is 12.2. The van der Waals surface area contributed by atoms with Gasteiger partial charge in [-0.15, -0.1) is 0 Å². The first kappa shape index (κ1) is 40.6. The molecule has 2 aromatic carbocycles. The first-order valence-electron chi connectivity index (χ1n) is 21.7. The summed E-state index contributed by atoms with van der Waals surface area (Å²) >= 11 is 0. The van der Waals surface area contributed by atoms with Gasteiger partial charge in [0.1, 0.15) is 24.0 Å². The summed E-state index contributed by atoms with van der Waals surface area (Å²) in [5.74, 6) is 5.92. The lowest BCUT2D eigenvalue weighted by atomic mass is 9.43. The summed E-state index contributed by atoms with van der Waals surface area (Å²) in [6.45, 7) is 18.6. The standard InChI is InChI=1S/C48H72N2O4/c1-32(2)14-12-15-33(3)39-26-27-40-38-25-22-36-18-13-19-43(48(36,8)41(38)28-29-47(39,40)7)50-44(51)42(49-45(52)54-46(4,5)6)30-34-20-23-37(24-21-34)53-31-35-16-10-9-11-17-35/h9-11,16-17,20-21,23-24,32-33,36,38-43H,12-15,18-19,22,25-31H2,1-8H3,(H,49,52)(H,50,51)/t33-,36?,38+,39-,40+,41+,42+,43?,47-,48+/m1/s1. The highest BCUT2D eigenvalue weighted by Gasteiger charge is 2.62. The minimum Gasteiger partial charge on any atom is -0.489 e.